The number of aryl methyl sites for hydroxylation is 1. The minimum Gasteiger partial charge on any atom is -0.493 e. The van der Waals surface area contributed by atoms with Crippen LogP contribution in [0.1, 0.15) is 11.1 Å². The number of ether oxygens (including phenoxy) is 2. The topological polar surface area (TPSA) is 30.5 Å². The second-order valence-corrected chi connectivity index (χ2v) is 4.96. The van der Waals surface area contributed by atoms with Gasteiger partial charge >= 0.3 is 0 Å². The van der Waals surface area contributed by atoms with Gasteiger partial charge < -0.3 is 14.8 Å². The number of benzene rings is 2. The number of rotatable bonds is 5. The average Bonchev–Trinajstić information content (AvgIpc) is 2.47. The number of hydrogen-bond donors (Lipinski definition) is 1. The first-order valence-corrected chi connectivity index (χ1v) is 6.84. The highest BCUT2D eigenvalue weighted by atomic mass is 35.5. The largest absolute Gasteiger partial charge is 0.493 e. The van der Waals surface area contributed by atoms with E-state index in [1.807, 2.05) is 13.0 Å². The van der Waals surface area contributed by atoms with Crippen LogP contribution in [0.15, 0.2) is 30.3 Å². The fraction of sp³-hybridized carbons (Fsp3) is 0.250. The van der Waals surface area contributed by atoms with E-state index in [1.54, 1.807) is 26.4 Å². The van der Waals surface area contributed by atoms with Gasteiger partial charge in [0.2, 0.25) is 0 Å². The molecule has 0 bridgehead atoms. The lowest BCUT2D eigenvalue weighted by Crippen LogP contribution is -2.03. The van der Waals surface area contributed by atoms with Crippen molar-refractivity contribution in [2.75, 3.05) is 19.5 Å². The quantitative estimate of drug-likeness (QED) is 0.887. The van der Waals surface area contributed by atoms with Crippen molar-refractivity contribution in [1.29, 1.82) is 0 Å². The zero-order valence-electron chi connectivity index (χ0n) is 12.2. The molecule has 0 aliphatic rings. The molecule has 0 heterocycles. The summed E-state index contributed by atoms with van der Waals surface area (Å²) in [6.45, 7) is 2.35. The summed E-state index contributed by atoms with van der Waals surface area (Å²) in [6.07, 6.45) is 0. The van der Waals surface area contributed by atoms with Gasteiger partial charge in [-0.25, -0.2) is 4.39 Å². The summed E-state index contributed by atoms with van der Waals surface area (Å²) < 4.78 is 23.5. The molecule has 0 amide bonds. The highest BCUT2D eigenvalue weighted by molar-refractivity contribution is 6.33. The molecule has 2 aromatic carbocycles. The number of hydrogen-bond acceptors (Lipinski definition) is 3. The van der Waals surface area contributed by atoms with Crippen LogP contribution in [-0.2, 0) is 6.54 Å². The van der Waals surface area contributed by atoms with Crippen molar-refractivity contribution in [3.63, 3.8) is 0 Å². The van der Waals surface area contributed by atoms with Gasteiger partial charge in [0, 0.05) is 12.2 Å². The maximum atomic E-state index is 13.1. The Morgan fingerprint density at radius 2 is 1.90 bits per heavy atom. The van der Waals surface area contributed by atoms with Gasteiger partial charge in [0.15, 0.2) is 11.5 Å². The van der Waals surface area contributed by atoms with Crippen molar-refractivity contribution in [3.8, 4) is 11.5 Å². The Hall–Kier alpha value is -1.94. The first-order chi connectivity index (χ1) is 10.1. The van der Waals surface area contributed by atoms with E-state index in [1.165, 1.54) is 12.1 Å². The van der Waals surface area contributed by atoms with Gasteiger partial charge in [-0.2, -0.15) is 0 Å². The predicted octanol–water partition coefficient (Wildman–Crippen LogP) is 4.42. The smallest absolute Gasteiger partial charge is 0.179 e. The van der Waals surface area contributed by atoms with E-state index in [2.05, 4.69) is 5.32 Å². The molecule has 2 aromatic rings. The lowest BCUT2D eigenvalue weighted by molar-refractivity contribution is 0.355. The number of halogens is 2. The molecule has 5 heteroatoms. The Kier molecular flexibility index (Phi) is 4.91. The van der Waals surface area contributed by atoms with Crippen LogP contribution in [0.4, 0.5) is 10.1 Å². The minimum atomic E-state index is -0.248. The zero-order valence-corrected chi connectivity index (χ0v) is 12.9. The van der Waals surface area contributed by atoms with Gasteiger partial charge in [0.1, 0.15) is 5.82 Å². The van der Waals surface area contributed by atoms with Gasteiger partial charge in [-0.15, -0.1) is 0 Å². The second kappa shape index (κ2) is 6.68. The zero-order chi connectivity index (χ0) is 15.4. The summed E-state index contributed by atoms with van der Waals surface area (Å²) in [4.78, 5) is 0. The van der Waals surface area contributed by atoms with Gasteiger partial charge in [0.25, 0.3) is 0 Å². The average molecular weight is 310 g/mol. The molecule has 0 unspecified atom stereocenters. The summed E-state index contributed by atoms with van der Waals surface area (Å²) in [5, 5.41) is 3.74. The first kappa shape index (κ1) is 15.4. The van der Waals surface area contributed by atoms with Crippen molar-refractivity contribution in [2.24, 2.45) is 0 Å². The van der Waals surface area contributed by atoms with Crippen molar-refractivity contribution < 1.29 is 13.9 Å². The molecule has 21 heavy (non-hydrogen) atoms. The van der Waals surface area contributed by atoms with Crippen molar-refractivity contribution in [2.45, 2.75) is 13.5 Å². The number of nitrogens with one attached hydrogen (secondary N) is 1. The summed E-state index contributed by atoms with van der Waals surface area (Å²) in [6, 6.07) is 8.29. The van der Waals surface area contributed by atoms with Crippen LogP contribution in [0.3, 0.4) is 0 Å². The fourth-order valence-electron chi connectivity index (χ4n) is 2.08. The Labute approximate surface area is 128 Å². The van der Waals surface area contributed by atoms with Crippen LogP contribution in [0.25, 0.3) is 0 Å². The molecule has 0 radical (unpaired) electrons. The van der Waals surface area contributed by atoms with Crippen molar-refractivity contribution in [3.05, 3.63) is 52.3 Å². The molecule has 0 saturated carbocycles. The van der Waals surface area contributed by atoms with Gasteiger partial charge in [-0.1, -0.05) is 17.7 Å². The van der Waals surface area contributed by atoms with E-state index in [0.29, 0.717) is 23.1 Å². The molecule has 0 fully saturated rings. The molecule has 0 saturated heterocycles. The summed E-state index contributed by atoms with van der Waals surface area (Å²) in [7, 11) is 3.11. The molecular formula is C16H17ClFNO2. The Balaban J connectivity index is 2.20. The highest BCUT2D eigenvalue weighted by Crippen LogP contribution is 2.37. The molecule has 2 rings (SSSR count). The van der Waals surface area contributed by atoms with Gasteiger partial charge in [0.05, 0.1) is 19.2 Å². The van der Waals surface area contributed by atoms with Crippen LogP contribution in [0.5, 0.6) is 11.5 Å². The van der Waals surface area contributed by atoms with E-state index in [9.17, 15) is 4.39 Å². The van der Waals surface area contributed by atoms with Crippen LogP contribution < -0.4 is 14.8 Å². The molecular weight excluding hydrogens is 293 g/mol. The Bertz CT molecular complexity index is 646. The third kappa shape index (κ3) is 3.39. The standard InChI is InChI=1S/C16H17ClFNO2/c1-10-8-12(18)5-6-13(10)19-9-11-4-7-14(20-2)16(21-3)15(11)17/h4-8,19H,9H2,1-3H3. The maximum absolute atomic E-state index is 13.1. The lowest BCUT2D eigenvalue weighted by Gasteiger charge is -2.14. The van der Waals surface area contributed by atoms with E-state index in [4.69, 9.17) is 21.1 Å². The number of methoxy groups -OCH3 is 2. The summed E-state index contributed by atoms with van der Waals surface area (Å²) in [5.74, 6) is 0.848. The molecule has 0 aromatic heterocycles. The van der Waals surface area contributed by atoms with Crippen LogP contribution in [0, 0.1) is 12.7 Å². The van der Waals surface area contributed by atoms with E-state index in [0.717, 1.165) is 16.8 Å². The fourth-order valence-corrected chi connectivity index (χ4v) is 2.38. The normalized spacial score (nSPS) is 10.3. The molecule has 0 aliphatic carbocycles. The van der Waals surface area contributed by atoms with Crippen molar-refractivity contribution in [1.82, 2.24) is 0 Å². The van der Waals surface area contributed by atoms with Gasteiger partial charge in [-0.05, 0) is 42.3 Å². The molecule has 0 spiro atoms. The van der Waals surface area contributed by atoms with E-state index in [-0.39, 0.29) is 5.82 Å². The molecule has 3 nitrogen and oxygen atoms in total. The third-order valence-corrected chi connectivity index (χ3v) is 3.64. The molecule has 0 aliphatic heterocycles. The van der Waals surface area contributed by atoms with E-state index < -0.39 is 0 Å². The second-order valence-electron chi connectivity index (χ2n) is 4.59. The molecule has 1 N–H and O–H groups in total. The van der Waals surface area contributed by atoms with Crippen LogP contribution >= 0.6 is 11.6 Å². The predicted molar refractivity (Wildman–Crippen MR) is 83.0 cm³/mol. The Morgan fingerprint density at radius 1 is 1.14 bits per heavy atom. The first-order valence-electron chi connectivity index (χ1n) is 6.46. The van der Waals surface area contributed by atoms with Crippen LogP contribution in [0.2, 0.25) is 5.02 Å². The van der Waals surface area contributed by atoms with Gasteiger partial charge in [-0.3, -0.25) is 0 Å². The highest BCUT2D eigenvalue weighted by Gasteiger charge is 2.13. The monoisotopic (exact) mass is 309 g/mol. The molecule has 112 valence electrons. The maximum Gasteiger partial charge on any atom is 0.179 e. The van der Waals surface area contributed by atoms with Crippen LogP contribution in [-0.4, -0.2) is 14.2 Å². The molecule has 0 atom stereocenters. The number of anilines is 1. The van der Waals surface area contributed by atoms with Crippen molar-refractivity contribution >= 4 is 17.3 Å². The minimum absolute atomic E-state index is 0.248. The lowest BCUT2D eigenvalue weighted by atomic mass is 10.1. The third-order valence-electron chi connectivity index (χ3n) is 3.22. The SMILES string of the molecule is COc1ccc(CNc2ccc(F)cc2C)c(Cl)c1OC. The summed E-state index contributed by atoms with van der Waals surface area (Å²) >= 11 is 6.32. The summed E-state index contributed by atoms with van der Waals surface area (Å²) in [5.41, 5.74) is 2.58. The Morgan fingerprint density at radius 3 is 2.52 bits per heavy atom. The van der Waals surface area contributed by atoms with E-state index >= 15 is 0 Å².